The van der Waals surface area contributed by atoms with Crippen LogP contribution in [0, 0.1) is 0 Å². The van der Waals surface area contributed by atoms with Crippen LogP contribution in [-0.2, 0) is 20.4 Å². The van der Waals surface area contributed by atoms with Crippen LogP contribution in [0.5, 0.6) is 0 Å². The second-order valence-corrected chi connectivity index (χ2v) is 5.69. The number of hydrogen-bond donors (Lipinski definition) is 2. The first kappa shape index (κ1) is 11.8. The Hall–Kier alpha value is -1.65. The molecule has 0 spiro atoms. The molecule has 1 saturated carbocycles. The molecule has 0 amide bonds. The Bertz CT molecular complexity index is 474. The number of carbonyl (C=O) groups excluding carboxylic acids is 1. The van der Waals surface area contributed by atoms with E-state index in [1.165, 1.54) is 0 Å². The van der Waals surface area contributed by atoms with Crippen molar-refractivity contribution in [3.63, 3.8) is 0 Å². The van der Waals surface area contributed by atoms with E-state index in [9.17, 15) is 14.7 Å². The van der Waals surface area contributed by atoms with Gasteiger partial charge in [-0.25, -0.2) is 0 Å². The van der Waals surface area contributed by atoms with E-state index in [1.54, 1.807) is 6.20 Å². The van der Waals surface area contributed by atoms with Crippen LogP contribution in [0.2, 0.25) is 0 Å². The maximum Gasteiger partial charge on any atom is 0.315 e. The Morgan fingerprint density at radius 1 is 1.47 bits per heavy atom. The summed E-state index contributed by atoms with van der Waals surface area (Å²) in [6, 6.07) is 0. The predicted molar refractivity (Wildman–Crippen MR) is 60.8 cm³/mol. The molecule has 5 nitrogen and oxygen atoms in total. The van der Waals surface area contributed by atoms with Gasteiger partial charge in [0.1, 0.15) is 11.2 Å². The fraction of sp³-hybridized carbons (Fsp3) is 0.583. The van der Waals surface area contributed by atoms with E-state index in [-0.39, 0.29) is 24.0 Å². The number of ketones is 1. The molecule has 17 heavy (non-hydrogen) atoms. The summed E-state index contributed by atoms with van der Waals surface area (Å²) in [5.41, 5.74) is 0.170. The second kappa shape index (κ2) is 3.42. The van der Waals surface area contributed by atoms with Crippen molar-refractivity contribution in [2.75, 3.05) is 0 Å². The fourth-order valence-corrected chi connectivity index (χ4v) is 2.30. The van der Waals surface area contributed by atoms with Crippen LogP contribution >= 0.6 is 0 Å². The summed E-state index contributed by atoms with van der Waals surface area (Å²) in [5, 5.41) is 16.2. The van der Waals surface area contributed by atoms with Crippen molar-refractivity contribution in [2.45, 2.75) is 44.4 Å². The maximum atomic E-state index is 11.4. The van der Waals surface area contributed by atoms with Crippen molar-refractivity contribution in [1.82, 2.24) is 10.2 Å². The number of Topliss-reactive ketones (excluding diaryl/α,β-unsaturated/α-hetero) is 1. The van der Waals surface area contributed by atoms with Crippen LogP contribution in [0.15, 0.2) is 6.20 Å². The van der Waals surface area contributed by atoms with Crippen molar-refractivity contribution in [3.05, 3.63) is 17.5 Å². The highest BCUT2D eigenvalue weighted by atomic mass is 16.4. The van der Waals surface area contributed by atoms with Crippen LogP contribution in [0.25, 0.3) is 0 Å². The molecular weight excluding hydrogens is 220 g/mol. The number of carboxylic acid groups (broad SMARTS) is 1. The van der Waals surface area contributed by atoms with Crippen molar-refractivity contribution in [1.29, 1.82) is 0 Å². The van der Waals surface area contributed by atoms with Gasteiger partial charge in [-0.2, -0.15) is 5.10 Å². The third-order valence-corrected chi connectivity index (χ3v) is 3.31. The molecule has 0 saturated heterocycles. The lowest BCUT2D eigenvalue weighted by atomic mass is 9.62. The lowest BCUT2D eigenvalue weighted by molar-refractivity contribution is -0.153. The third kappa shape index (κ3) is 1.66. The number of carboxylic acids is 1. The Kier molecular flexibility index (Phi) is 2.38. The van der Waals surface area contributed by atoms with E-state index in [2.05, 4.69) is 10.2 Å². The van der Waals surface area contributed by atoms with Crippen molar-refractivity contribution < 1.29 is 14.7 Å². The number of aromatic nitrogens is 2. The lowest BCUT2D eigenvalue weighted by Crippen LogP contribution is -2.49. The molecule has 0 unspecified atom stereocenters. The topological polar surface area (TPSA) is 83.1 Å². The van der Waals surface area contributed by atoms with Crippen LogP contribution < -0.4 is 0 Å². The van der Waals surface area contributed by atoms with E-state index in [0.29, 0.717) is 5.56 Å². The minimum Gasteiger partial charge on any atom is -0.481 e. The SMILES string of the molecule is CC(C)(C)c1[nH]ncc1C1(C(=O)O)CC(=O)C1. The largest absolute Gasteiger partial charge is 0.481 e. The number of hydrogen-bond acceptors (Lipinski definition) is 3. The minimum absolute atomic E-state index is 0.00606. The lowest BCUT2D eigenvalue weighted by Gasteiger charge is -2.37. The first-order chi connectivity index (χ1) is 7.77. The average molecular weight is 236 g/mol. The third-order valence-electron chi connectivity index (χ3n) is 3.31. The summed E-state index contributed by atoms with van der Waals surface area (Å²) in [7, 11) is 0. The number of nitrogens with one attached hydrogen (secondary N) is 1. The monoisotopic (exact) mass is 236 g/mol. The van der Waals surface area contributed by atoms with Crippen LogP contribution in [0.1, 0.15) is 44.9 Å². The molecule has 0 aromatic carbocycles. The summed E-state index contributed by atoms with van der Waals surface area (Å²) in [6.07, 6.45) is 1.69. The van der Waals surface area contributed by atoms with Gasteiger partial charge >= 0.3 is 5.97 Å². The Morgan fingerprint density at radius 3 is 2.47 bits per heavy atom. The molecule has 5 heteroatoms. The molecule has 2 N–H and O–H groups in total. The quantitative estimate of drug-likeness (QED) is 0.812. The average Bonchev–Trinajstić information content (AvgIpc) is 2.59. The van der Waals surface area contributed by atoms with E-state index in [4.69, 9.17) is 0 Å². The fourth-order valence-electron chi connectivity index (χ4n) is 2.30. The highest BCUT2D eigenvalue weighted by Gasteiger charge is 2.53. The zero-order valence-electron chi connectivity index (χ0n) is 10.2. The predicted octanol–water partition coefficient (Wildman–Crippen LogP) is 1.39. The molecule has 0 atom stereocenters. The van der Waals surface area contributed by atoms with Gasteiger partial charge in [0.15, 0.2) is 0 Å². The molecule has 1 fully saturated rings. The van der Waals surface area contributed by atoms with E-state index in [0.717, 1.165) is 5.69 Å². The zero-order chi connectivity index (χ0) is 12.8. The molecular formula is C12H16N2O3. The van der Waals surface area contributed by atoms with Gasteiger partial charge in [0.05, 0.1) is 6.20 Å². The Morgan fingerprint density at radius 2 is 2.06 bits per heavy atom. The standard InChI is InChI=1S/C12H16N2O3/c1-11(2,3)9-8(6-13-14-9)12(10(16)17)4-7(15)5-12/h6H,4-5H2,1-3H3,(H,13,14)(H,16,17). The number of nitrogens with zero attached hydrogens (tertiary/aromatic N) is 1. The van der Waals surface area contributed by atoms with Gasteiger partial charge in [-0.1, -0.05) is 20.8 Å². The number of aliphatic carboxylic acids is 1. The van der Waals surface area contributed by atoms with E-state index >= 15 is 0 Å². The maximum absolute atomic E-state index is 11.4. The van der Waals surface area contributed by atoms with Gasteiger partial charge in [-0.15, -0.1) is 0 Å². The molecule has 0 aliphatic heterocycles. The molecule has 1 aliphatic rings. The van der Waals surface area contributed by atoms with E-state index < -0.39 is 11.4 Å². The van der Waals surface area contributed by atoms with Crippen LogP contribution in [0.3, 0.4) is 0 Å². The molecule has 92 valence electrons. The summed E-state index contributed by atoms with van der Waals surface area (Å²) in [5.74, 6) is -0.947. The molecule has 1 aromatic rings. The number of H-pyrrole nitrogens is 1. The number of rotatable bonds is 2. The Balaban J connectivity index is 2.50. The molecule has 2 rings (SSSR count). The molecule has 1 aromatic heterocycles. The van der Waals surface area contributed by atoms with Gasteiger partial charge < -0.3 is 5.11 Å². The first-order valence-electron chi connectivity index (χ1n) is 5.57. The van der Waals surface area contributed by atoms with E-state index in [1.807, 2.05) is 20.8 Å². The van der Waals surface area contributed by atoms with Gasteiger partial charge in [0.25, 0.3) is 0 Å². The normalized spacial score (nSPS) is 18.9. The van der Waals surface area contributed by atoms with Gasteiger partial charge in [-0.3, -0.25) is 14.7 Å². The highest BCUT2D eigenvalue weighted by molar-refractivity contribution is 6.01. The summed E-state index contributed by atoms with van der Waals surface area (Å²) in [6.45, 7) is 5.96. The molecule has 1 aliphatic carbocycles. The zero-order valence-corrected chi connectivity index (χ0v) is 10.2. The molecule has 1 heterocycles. The summed E-state index contributed by atoms with van der Waals surface area (Å²) >= 11 is 0. The summed E-state index contributed by atoms with van der Waals surface area (Å²) in [4.78, 5) is 22.6. The van der Waals surface area contributed by atoms with Gasteiger partial charge in [-0.05, 0) is 0 Å². The highest BCUT2D eigenvalue weighted by Crippen LogP contribution is 2.44. The van der Waals surface area contributed by atoms with Crippen LogP contribution in [-0.4, -0.2) is 27.1 Å². The van der Waals surface area contributed by atoms with Crippen molar-refractivity contribution >= 4 is 11.8 Å². The van der Waals surface area contributed by atoms with Crippen LogP contribution in [0.4, 0.5) is 0 Å². The van der Waals surface area contributed by atoms with Gasteiger partial charge in [0, 0.05) is 29.5 Å². The molecule has 0 bridgehead atoms. The number of carbonyl (C=O) groups is 2. The van der Waals surface area contributed by atoms with Crippen molar-refractivity contribution in [2.24, 2.45) is 0 Å². The minimum atomic E-state index is -1.06. The second-order valence-electron chi connectivity index (χ2n) is 5.69. The number of aromatic amines is 1. The Labute approximate surface area is 99.2 Å². The smallest absolute Gasteiger partial charge is 0.315 e. The van der Waals surface area contributed by atoms with Gasteiger partial charge in [0.2, 0.25) is 0 Å². The molecule has 0 radical (unpaired) electrons. The first-order valence-corrected chi connectivity index (χ1v) is 5.57. The summed E-state index contributed by atoms with van der Waals surface area (Å²) < 4.78 is 0. The van der Waals surface area contributed by atoms with Crippen molar-refractivity contribution in [3.8, 4) is 0 Å².